The molecule has 0 aliphatic carbocycles. The first-order valence-corrected chi connectivity index (χ1v) is 3.60. The largest absolute Gasteiger partial charge is 0.370 e. The Morgan fingerprint density at radius 3 is 2.40 bits per heavy atom. The van der Waals surface area contributed by atoms with Crippen LogP contribution in [-0.4, -0.2) is 5.91 Å². The molecule has 10 heavy (non-hydrogen) atoms. The van der Waals surface area contributed by atoms with Crippen LogP contribution in [0.5, 0.6) is 0 Å². The summed E-state index contributed by atoms with van der Waals surface area (Å²) in [5, 5.41) is 0. The van der Waals surface area contributed by atoms with Gasteiger partial charge in [-0.1, -0.05) is 27.2 Å². The fourth-order valence-electron chi connectivity index (χ4n) is 1.07. The number of hydrogen-bond acceptors (Lipinski definition) is 1. The van der Waals surface area contributed by atoms with Crippen molar-refractivity contribution in [1.82, 2.24) is 0 Å². The molecule has 2 nitrogen and oxygen atoms in total. The Bertz CT molecular complexity index is 118. The summed E-state index contributed by atoms with van der Waals surface area (Å²) in [5.41, 5.74) is 5.02. The first-order chi connectivity index (χ1) is 4.48. The lowest BCUT2D eigenvalue weighted by Gasteiger charge is -2.20. The highest BCUT2D eigenvalue weighted by Crippen LogP contribution is 2.24. The van der Waals surface area contributed by atoms with Gasteiger partial charge >= 0.3 is 0 Å². The second kappa shape index (κ2) is 3.59. The number of hydrogen-bond donors (Lipinski definition) is 1. The van der Waals surface area contributed by atoms with Crippen molar-refractivity contribution in [3.8, 4) is 0 Å². The van der Waals surface area contributed by atoms with Gasteiger partial charge in [0, 0.05) is 6.42 Å². The van der Waals surface area contributed by atoms with E-state index in [9.17, 15) is 4.79 Å². The number of amides is 1. The van der Waals surface area contributed by atoms with E-state index in [0.717, 1.165) is 6.42 Å². The van der Waals surface area contributed by atoms with E-state index in [4.69, 9.17) is 5.73 Å². The number of rotatable bonds is 4. The Balaban J connectivity index is 3.74. The van der Waals surface area contributed by atoms with Gasteiger partial charge in [0.25, 0.3) is 0 Å². The van der Waals surface area contributed by atoms with Gasteiger partial charge in [-0.25, -0.2) is 0 Å². The second-order valence-corrected chi connectivity index (χ2v) is 3.24. The van der Waals surface area contributed by atoms with Gasteiger partial charge in [-0.15, -0.1) is 0 Å². The van der Waals surface area contributed by atoms with E-state index < -0.39 is 0 Å². The molecule has 2 heteroatoms. The van der Waals surface area contributed by atoms with Crippen LogP contribution in [0, 0.1) is 11.8 Å². The lowest BCUT2D eigenvalue weighted by molar-refractivity contribution is -0.119. The molecular formula is C8H16NO. The lowest BCUT2D eigenvalue weighted by Crippen LogP contribution is -2.22. The average Bonchev–Trinajstić information content (AvgIpc) is 1.59. The number of carbonyl (C=O) groups is 1. The number of primary amides is 1. The Hall–Kier alpha value is -0.530. The highest BCUT2D eigenvalue weighted by Gasteiger charge is 2.18. The Morgan fingerprint density at radius 2 is 2.10 bits per heavy atom. The van der Waals surface area contributed by atoms with E-state index in [1.54, 1.807) is 0 Å². The summed E-state index contributed by atoms with van der Waals surface area (Å²) in [7, 11) is 0. The zero-order chi connectivity index (χ0) is 8.20. The van der Waals surface area contributed by atoms with Gasteiger partial charge in [0.15, 0.2) is 0 Å². The topological polar surface area (TPSA) is 43.1 Å². The predicted molar refractivity (Wildman–Crippen MR) is 42.2 cm³/mol. The highest BCUT2D eigenvalue weighted by molar-refractivity contribution is 5.74. The summed E-state index contributed by atoms with van der Waals surface area (Å²) in [6.45, 7) is 6.09. The van der Waals surface area contributed by atoms with Gasteiger partial charge in [-0.2, -0.15) is 0 Å². The van der Waals surface area contributed by atoms with E-state index in [2.05, 4.69) is 13.3 Å². The van der Waals surface area contributed by atoms with Crippen LogP contribution in [0.2, 0.25) is 0 Å². The maximum absolute atomic E-state index is 10.5. The van der Waals surface area contributed by atoms with Crippen molar-refractivity contribution in [3.05, 3.63) is 6.42 Å². The highest BCUT2D eigenvalue weighted by atomic mass is 16.1. The van der Waals surface area contributed by atoms with E-state index in [1.807, 2.05) is 13.8 Å². The van der Waals surface area contributed by atoms with Gasteiger partial charge in [0.2, 0.25) is 5.91 Å². The first-order valence-electron chi connectivity index (χ1n) is 3.60. The molecule has 0 heterocycles. The predicted octanol–water partition coefficient (Wildman–Crippen LogP) is 1.50. The Morgan fingerprint density at radius 1 is 1.60 bits per heavy atom. The van der Waals surface area contributed by atoms with Crippen LogP contribution in [0.25, 0.3) is 0 Å². The van der Waals surface area contributed by atoms with Crippen LogP contribution in [-0.2, 0) is 4.79 Å². The molecule has 2 N–H and O–H groups in total. The maximum Gasteiger partial charge on any atom is 0.217 e. The summed E-state index contributed by atoms with van der Waals surface area (Å²) in [5.74, 6) is -0.227. The minimum atomic E-state index is -0.227. The van der Waals surface area contributed by atoms with Gasteiger partial charge in [-0.3, -0.25) is 4.79 Å². The molecule has 0 aromatic carbocycles. The van der Waals surface area contributed by atoms with E-state index in [1.165, 1.54) is 0 Å². The normalized spacial score (nSPS) is 11.5. The summed E-state index contributed by atoms with van der Waals surface area (Å²) < 4.78 is 0. The van der Waals surface area contributed by atoms with Crippen LogP contribution >= 0.6 is 0 Å². The van der Waals surface area contributed by atoms with Crippen LogP contribution in [0.4, 0.5) is 0 Å². The second-order valence-electron chi connectivity index (χ2n) is 3.24. The summed E-state index contributed by atoms with van der Waals surface area (Å²) in [6, 6.07) is 0. The van der Waals surface area contributed by atoms with Crippen LogP contribution in [0.3, 0.4) is 0 Å². The van der Waals surface area contributed by atoms with Crippen molar-refractivity contribution in [3.63, 3.8) is 0 Å². The molecule has 1 amide bonds. The summed E-state index contributed by atoms with van der Waals surface area (Å²) in [4.78, 5) is 10.5. The molecule has 0 fully saturated rings. The lowest BCUT2D eigenvalue weighted by atomic mass is 9.84. The van der Waals surface area contributed by atoms with E-state index >= 15 is 0 Å². The summed E-state index contributed by atoms with van der Waals surface area (Å²) >= 11 is 0. The molecule has 0 rings (SSSR count). The molecule has 0 aliphatic rings. The van der Waals surface area contributed by atoms with Crippen molar-refractivity contribution < 1.29 is 4.79 Å². The molecule has 0 saturated heterocycles. The molecule has 0 aromatic rings. The third-order valence-corrected chi connectivity index (χ3v) is 1.39. The van der Waals surface area contributed by atoms with Crippen molar-refractivity contribution in [2.75, 3.05) is 0 Å². The van der Waals surface area contributed by atoms with E-state index in [-0.39, 0.29) is 11.3 Å². The molecule has 0 aromatic heterocycles. The van der Waals surface area contributed by atoms with Gasteiger partial charge in [0.05, 0.1) is 0 Å². The minimum Gasteiger partial charge on any atom is -0.370 e. The molecule has 0 spiro atoms. The van der Waals surface area contributed by atoms with Crippen molar-refractivity contribution in [1.29, 1.82) is 0 Å². The molecular weight excluding hydrogens is 126 g/mol. The molecule has 0 unspecified atom stereocenters. The Kier molecular flexibility index (Phi) is 3.40. The van der Waals surface area contributed by atoms with Crippen molar-refractivity contribution in [2.45, 2.75) is 33.6 Å². The maximum atomic E-state index is 10.5. The van der Waals surface area contributed by atoms with Crippen LogP contribution < -0.4 is 5.73 Å². The van der Waals surface area contributed by atoms with Gasteiger partial charge < -0.3 is 5.73 Å². The molecule has 0 saturated carbocycles. The SMILES string of the molecule is CC[CH]C(C)(C)CC(N)=O. The molecule has 1 radical (unpaired) electrons. The van der Waals surface area contributed by atoms with Gasteiger partial charge in [-0.05, 0) is 11.8 Å². The van der Waals surface area contributed by atoms with Crippen molar-refractivity contribution in [2.24, 2.45) is 11.1 Å². The molecule has 59 valence electrons. The van der Waals surface area contributed by atoms with Gasteiger partial charge in [0.1, 0.15) is 0 Å². The fraction of sp³-hybridized carbons (Fsp3) is 0.750. The fourth-order valence-corrected chi connectivity index (χ4v) is 1.07. The number of nitrogens with two attached hydrogens (primary N) is 1. The summed E-state index contributed by atoms with van der Waals surface area (Å²) in [6.07, 6.45) is 3.54. The monoisotopic (exact) mass is 142 g/mol. The Labute approximate surface area is 62.8 Å². The third kappa shape index (κ3) is 4.36. The third-order valence-electron chi connectivity index (χ3n) is 1.39. The molecule has 0 aliphatic heterocycles. The first kappa shape index (κ1) is 9.47. The quantitative estimate of drug-likeness (QED) is 0.635. The van der Waals surface area contributed by atoms with Crippen molar-refractivity contribution >= 4 is 5.91 Å². The van der Waals surface area contributed by atoms with E-state index in [0.29, 0.717) is 6.42 Å². The van der Waals surface area contributed by atoms with Crippen LogP contribution in [0.15, 0.2) is 0 Å². The van der Waals surface area contributed by atoms with Crippen LogP contribution in [0.1, 0.15) is 33.6 Å². The molecule has 0 atom stereocenters. The smallest absolute Gasteiger partial charge is 0.217 e. The zero-order valence-corrected chi connectivity index (χ0v) is 6.98. The molecule has 0 bridgehead atoms. The zero-order valence-electron chi connectivity index (χ0n) is 6.98. The number of carbonyl (C=O) groups excluding carboxylic acids is 1. The minimum absolute atomic E-state index is 0.0272. The standard InChI is InChI=1S/C8H16NO/c1-4-5-8(2,3)6-7(9)10/h5H,4,6H2,1-3H3,(H2,9,10). The average molecular weight is 142 g/mol.